The molecule has 0 fully saturated rings. The summed E-state index contributed by atoms with van der Waals surface area (Å²) in [4.78, 5) is 35.1. The van der Waals surface area contributed by atoms with Crippen LogP contribution in [0.3, 0.4) is 0 Å². The zero-order chi connectivity index (χ0) is 22.1. The summed E-state index contributed by atoms with van der Waals surface area (Å²) in [6.07, 6.45) is 7.21. The zero-order valence-electron chi connectivity index (χ0n) is 17.4. The van der Waals surface area contributed by atoms with Crippen molar-refractivity contribution >= 4 is 21.7 Å². The number of hydrogen-bond donors (Lipinski definition) is 0. The number of rotatable bonds is 5. The molecule has 0 aliphatic heterocycles. The van der Waals surface area contributed by atoms with E-state index in [1.807, 2.05) is 36.4 Å². The van der Waals surface area contributed by atoms with Gasteiger partial charge in [0.25, 0.3) is 11.1 Å². The lowest BCUT2D eigenvalue weighted by molar-refractivity contribution is 0.408. The third-order valence-corrected chi connectivity index (χ3v) is 5.59. The first-order chi connectivity index (χ1) is 15.7. The topological polar surface area (TPSA) is 79.0 Å². The number of nitrogens with zero attached hydrogens (tertiary/aromatic N) is 4. The number of benzene rings is 1. The fraction of sp³-hybridized carbons (Fsp3) is 0.120. The van der Waals surface area contributed by atoms with Gasteiger partial charge in [-0.25, -0.2) is 4.98 Å². The molecule has 0 radical (unpaired) electrons. The molecule has 32 heavy (non-hydrogen) atoms. The summed E-state index contributed by atoms with van der Waals surface area (Å²) in [7, 11) is 1.63. The molecule has 158 valence electrons. The SMILES string of the molecule is COc1ccccc1CCn1ccc2c(cnc3ccn(-c4ccccn4)c(=O)c32)c1=O. The van der Waals surface area contributed by atoms with Crippen LogP contribution in [0.5, 0.6) is 5.75 Å². The number of hydrogen-bond acceptors (Lipinski definition) is 5. The molecule has 0 aliphatic rings. The first-order valence-corrected chi connectivity index (χ1v) is 10.2. The summed E-state index contributed by atoms with van der Waals surface area (Å²) >= 11 is 0. The Morgan fingerprint density at radius 1 is 0.875 bits per heavy atom. The number of pyridine rings is 4. The van der Waals surface area contributed by atoms with Crippen LogP contribution in [-0.2, 0) is 13.0 Å². The van der Waals surface area contributed by atoms with Crippen LogP contribution >= 0.6 is 0 Å². The maximum atomic E-state index is 13.3. The normalized spacial score (nSPS) is 11.2. The lowest BCUT2D eigenvalue weighted by Gasteiger charge is -2.11. The molecule has 0 spiro atoms. The van der Waals surface area contributed by atoms with Crippen molar-refractivity contribution in [3.05, 3.63) is 106 Å². The second kappa shape index (κ2) is 8.11. The predicted octanol–water partition coefficient (Wildman–Crippen LogP) is 3.35. The Labute approximate surface area is 183 Å². The van der Waals surface area contributed by atoms with E-state index in [-0.39, 0.29) is 11.1 Å². The standard InChI is InChI=1S/C25H20N4O3/c1-32-21-7-3-2-6-17(21)9-13-28-14-10-18-19(24(28)30)16-27-20-11-15-29(25(31)23(18)20)22-8-4-5-12-26-22/h2-8,10-12,14-16H,9,13H2,1H3. The van der Waals surface area contributed by atoms with Crippen molar-refractivity contribution in [2.75, 3.05) is 7.11 Å². The van der Waals surface area contributed by atoms with Gasteiger partial charge in [-0.2, -0.15) is 0 Å². The van der Waals surface area contributed by atoms with E-state index in [0.29, 0.717) is 40.5 Å². The number of methoxy groups -OCH3 is 1. The van der Waals surface area contributed by atoms with Crippen LogP contribution in [0.2, 0.25) is 0 Å². The maximum absolute atomic E-state index is 13.3. The highest BCUT2D eigenvalue weighted by molar-refractivity contribution is 6.04. The van der Waals surface area contributed by atoms with Crippen LogP contribution in [0.4, 0.5) is 0 Å². The monoisotopic (exact) mass is 424 g/mol. The quantitative estimate of drug-likeness (QED) is 0.404. The fourth-order valence-corrected chi connectivity index (χ4v) is 3.96. The fourth-order valence-electron chi connectivity index (χ4n) is 3.96. The minimum Gasteiger partial charge on any atom is -0.496 e. The van der Waals surface area contributed by atoms with Crippen LogP contribution in [0.1, 0.15) is 5.56 Å². The van der Waals surface area contributed by atoms with Gasteiger partial charge in [0.15, 0.2) is 0 Å². The average molecular weight is 424 g/mol. The summed E-state index contributed by atoms with van der Waals surface area (Å²) < 4.78 is 8.51. The second-order valence-electron chi connectivity index (χ2n) is 7.40. The molecule has 7 nitrogen and oxygen atoms in total. The van der Waals surface area contributed by atoms with Gasteiger partial charge in [0.05, 0.1) is 23.4 Å². The highest BCUT2D eigenvalue weighted by Crippen LogP contribution is 2.20. The van der Waals surface area contributed by atoms with E-state index in [2.05, 4.69) is 9.97 Å². The molecule has 0 atom stereocenters. The van der Waals surface area contributed by atoms with Gasteiger partial charge >= 0.3 is 0 Å². The number of para-hydroxylation sites is 1. The first-order valence-electron chi connectivity index (χ1n) is 10.2. The van der Waals surface area contributed by atoms with Crippen molar-refractivity contribution in [1.82, 2.24) is 19.1 Å². The average Bonchev–Trinajstić information content (AvgIpc) is 2.84. The van der Waals surface area contributed by atoms with Crippen molar-refractivity contribution in [2.45, 2.75) is 13.0 Å². The van der Waals surface area contributed by atoms with E-state index in [0.717, 1.165) is 11.3 Å². The van der Waals surface area contributed by atoms with Crippen LogP contribution in [0, 0.1) is 0 Å². The molecule has 0 saturated carbocycles. The minimum atomic E-state index is -0.259. The minimum absolute atomic E-state index is 0.181. The zero-order valence-corrected chi connectivity index (χ0v) is 17.4. The molecule has 5 rings (SSSR count). The van der Waals surface area contributed by atoms with Crippen LogP contribution in [0.15, 0.2) is 89.0 Å². The number of aromatic nitrogens is 4. The second-order valence-corrected chi connectivity index (χ2v) is 7.40. The molecule has 4 aromatic heterocycles. The molecule has 4 heterocycles. The van der Waals surface area contributed by atoms with Gasteiger partial charge in [-0.15, -0.1) is 0 Å². The van der Waals surface area contributed by atoms with E-state index in [4.69, 9.17) is 4.74 Å². The van der Waals surface area contributed by atoms with Crippen molar-refractivity contribution < 1.29 is 4.74 Å². The Balaban J connectivity index is 1.60. The summed E-state index contributed by atoms with van der Waals surface area (Å²) in [6, 6.07) is 16.7. The van der Waals surface area contributed by atoms with Crippen molar-refractivity contribution in [3.63, 3.8) is 0 Å². The van der Waals surface area contributed by atoms with Crippen LogP contribution < -0.4 is 15.9 Å². The molecular weight excluding hydrogens is 404 g/mol. The van der Waals surface area contributed by atoms with Crippen molar-refractivity contribution in [2.24, 2.45) is 0 Å². The van der Waals surface area contributed by atoms with Gasteiger partial charge in [0.2, 0.25) is 0 Å². The maximum Gasteiger partial charge on any atom is 0.266 e. The molecule has 0 unspecified atom stereocenters. The molecule has 0 aliphatic carbocycles. The van der Waals surface area contributed by atoms with E-state index < -0.39 is 0 Å². The molecule has 1 aromatic carbocycles. The summed E-state index contributed by atoms with van der Waals surface area (Å²) in [5.74, 6) is 1.31. The van der Waals surface area contributed by atoms with E-state index in [9.17, 15) is 9.59 Å². The Bertz CT molecular complexity index is 1560. The van der Waals surface area contributed by atoms with Crippen LogP contribution in [-0.4, -0.2) is 26.2 Å². The Kier molecular flexibility index (Phi) is 4.99. The molecule has 5 aromatic rings. The van der Waals surface area contributed by atoms with Gasteiger partial charge < -0.3 is 9.30 Å². The third kappa shape index (κ3) is 3.33. The molecule has 0 saturated heterocycles. The molecule has 0 bridgehead atoms. The van der Waals surface area contributed by atoms with Crippen molar-refractivity contribution in [1.29, 1.82) is 0 Å². The third-order valence-electron chi connectivity index (χ3n) is 5.59. The first kappa shape index (κ1) is 19.7. The largest absolute Gasteiger partial charge is 0.496 e. The Morgan fingerprint density at radius 2 is 1.72 bits per heavy atom. The Morgan fingerprint density at radius 3 is 2.53 bits per heavy atom. The van der Waals surface area contributed by atoms with Gasteiger partial charge in [-0.3, -0.25) is 19.1 Å². The predicted molar refractivity (Wildman–Crippen MR) is 124 cm³/mol. The van der Waals surface area contributed by atoms with Gasteiger partial charge in [-0.05, 0) is 42.3 Å². The summed E-state index contributed by atoms with van der Waals surface area (Å²) in [6.45, 7) is 0.486. The molecule has 7 heteroatoms. The molecular formula is C25H20N4O3. The summed E-state index contributed by atoms with van der Waals surface area (Å²) in [5, 5.41) is 1.41. The van der Waals surface area contributed by atoms with E-state index in [1.54, 1.807) is 54.7 Å². The Hall–Kier alpha value is -4.26. The molecule has 0 amide bonds. The van der Waals surface area contributed by atoms with Gasteiger partial charge in [-0.1, -0.05) is 24.3 Å². The number of aryl methyl sites for hydroxylation is 2. The van der Waals surface area contributed by atoms with Gasteiger partial charge in [0.1, 0.15) is 11.6 Å². The lowest BCUT2D eigenvalue weighted by atomic mass is 10.1. The van der Waals surface area contributed by atoms with Gasteiger partial charge in [0, 0.05) is 36.7 Å². The number of ether oxygens (including phenoxy) is 1. The molecule has 0 N–H and O–H groups in total. The highest BCUT2D eigenvalue weighted by atomic mass is 16.5. The smallest absolute Gasteiger partial charge is 0.266 e. The van der Waals surface area contributed by atoms with Crippen molar-refractivity contribution in [3.8, 4) is 11.6 Å². The van der Waals surface area contributed by atoms with Crippen LogP contribution in [0.25, 0.3) is 27.5 Å². The lowest BCUT2D eigenvalue weighted by Crippen LogP contribution is -2.23. The van der Waals surface area contributed by atoms with E-state index >= 15 is 0 Å². The number of fused-ring (bicyclic) bond motifs is 3. The van der Waals surface area contributed by atoms with E-state index in [1.165, 1.54) is 4.57 Å². The highest BCUT2D eigenvalue weighted by Gasteiger charge is 2.13. The summed E-state index contributed by atoms with van der Waals surface area (Å²) in [5.41, 5.74) is 1.13.